The van der Waals surface area contributed by atoms with Crippen LogP contribution in [0.2, 0.25) is 0 Å². The van der Waals surface area contributed by atoms with Crippen LogP contribution in [0.4, 0.5) is 0 Å². The van der Waals surface area contributed by atoms with E-state index in [1.807, 2.05) is 44.2 Å². The topological polar surface area (TPSA) is 95.6 Å². The molecule has 2 N–H and O–H groups in total. The Morgan fingerprint density at radius 3 is 2.34 bits per heavy atom. The van der Waals surface area contributed by atoms with E-state index >= 15 is 0 Å². The van der Waals surface area contributed by atoms with E-state index in [2.05, 4.69) is 10.9 Å². The molecule has 156 valence electrons. The maximum atomic E-state index is 13.0. The van der Waals surface area contributed by atoms with E-state index in [-0.39, 0.29) is 41.6 Å². The molecule has 2 aromatic rings. The van der Waals surface area contributed by atoms with Crippen LogP contribution >= 0.6 is 0 Å². The summed E-state index contributed by atoms with van der Waals surface area (Å²) >= 11 is 0. The summed E-state index contributed by atoms with van der Waals surface area (Å²) in [5.41, 5.74) is 4.88. The van der Waals surface area contributed by atoms with Gasteiger partial charge in [-0.15, -0.1) is 0 Å². The number of benzene rings is 2. The van der Waals surface area contributed by atoms with Crippen molar-refractivity contribution in [1.29, 1.82) is 0 Å². The second-order valence-corrected chi connectivity index (χ2v) is 9.76. The lowest BCUT2D eigenvalue weighted by Crippen LogP contribution is -2.48. The Hall–Kier alpha value is -2.45. The van der Waals surface area contributed by atoms with Crippen LogP contribution in [0.1, 0.15) is 33.1 Å². The molecule has 8 heteroatoms. The zero-order valence-electron chi connectivity index (χ0n) is 16.7. The first-order valence-electron chi connectivity index (χ1n) is 9.85. The van der Waals surface area contributed by atoms with Crippen molar-refractivity contribution in [1.82, 2.24) is 15.2 Å². The molecule has 2 aromatic carbocycles. The van der Waals surface area contributed by atoms with Crippen LogP contribution in [0.5, 0.6) is 0 Å². The maximum absolute atomic E-state index is 13.0. The summed E-state index contributed by atoms with van der Waals surface area (Å²) in [5, 5.41) is 1.86. The van der Waals surface area contributed by atoms with E-state index in [9.17, 15) is 18.0 Å². The third-order valence-electron chi connectivity index (χ3n) is 5.10. The Labute approximate surface area is 171 Å². The number of nitrogens with one attached hydrogen (secondary N) is 2. The number of sulfonamides is 1. The number of hydrazine groups is 1. The Balaban J connectivity index is 1.59. The minimum Gasteiger partial charge on any atom is -0.273 e. The molecular weight excluding hydrogens is 390 g/mol. The van der Waals surface area contributed by atoms with Crippen molar-refractivity contribution in [3.8, 4) is 0 Å². The smallest absolute Gasteiger partial charge is 0.243 e. The quantitative estimate of drug-likeness (QED) is 0.731. The molecule has 3 rings (SSSR count). The van der Waals surface area contributed by atoms with Gasteiger partial charge in [0, 0.05) is 25.4 Å². The number of nitrogens with zero attached hydrogens (tertiary/aromatic N) is 1. The van der Waals surface area contributed by atoms with E-state index in [4.69, 9.17) is 0 Å². The fraction of sp³-hybridized carbons (Fsp3) is 0.429. The molecule has 0 radical (unpaired) electrons. The molecule has 0 atom stereocenters. The summed E-state index contributed by atoms with van der Waals surface area (Å²) in [6, 6.07) is 12.7. The first-order chi connectivity index (χ1) is 13.8. The second-order valence-electron chi connectivity index (χ2n) is 7.82. The summed E-state index contributed by atoms with van der Waals surface area (Å²) in [5.74, 6) is -0.623. The predicted octanol–water partition coefficient (Wildman–Crippen LogP) is 2.43. The molecule has 0 aromatic heterocycles. The van der Waals surface area contributed by atoms with Gasteiger partial charge in [-0.05, 0) is 41.7 Å². The minimum atomic E-state index is -3.61. The molecule has 0 unspecified atom stereocenters. The van der Waals surface area contributed by atoms with E-state index < -0.39 is 10.0 Å². The van der Waals surface area contributed by atoms with Crippen molar-refractivity contribution in [2.24, 2.45) is 11.8 Å². The third-order valence-corrected chi connectivity index (χ3v) is 7.00. The average Bonchev–Trinajstić information content (AvgIpc) is 2.71. The van der Waals surface area contributed by atoms with Crippen LogP contribution in [-0.4, -0.2) is 37.6 Å². The molecule has 0 aliphatic carbocycles. The van der Waals surface area contributed by atoms with Crippen molar-refractivity contribution in [3.63, 3.8) is 0 Å². The zero-order valence-corrected chi connectivity index (χ0v) is 17.5. The first kappa shape index (κ1) is 21.3. The van der Waals surface area contributed by atoms with Gasteiger partial charge in [0.2, 0.25) is 21.8 Å². The van der Waals surface area contributed by atoms with Gasteiger partial charge in [0.15, 0.2) is 0 Å². The number of hydrogen-bond acceptors (Lipinski definition) is 4. The van der Waals surface area contributed by atoms with Crippen LogP contribution in [0.15, 0.2) is 47.4 Å². The van der Waals surface area contributed by atoms with E-state index in [1.54, 1.807) is 12.1 Å². The Morgan fingerprint density at radius 2 is 1.69 bits per heavy atom. The van der Waals surface area contributed by atoms with E-state index in [0.29, 0.717) is 19.3 Å². The van der Waals surface area contributed by atoms with Crippen molar-refractivity contribution >= 4 is 32.6 Å². The lowest BCUT2D eigenvalue weighted by atomic mass is 9.98. The van der Waals surface area contributed by atoms with Crippen LogP contribution in [0.3, 0.4) is 0 Å². The van der Waals surface area contributed by atoms with Crippen molar-refractivity contribution in [2.75, 3.05) is 13.1 Å². The molecule has 0 bridgehead atoms. The molecule has 0 spiro atoms. The summed E-state index contributed by atoms with van der Waals surface area (Å²) < 4.78 is 27.4. The molecule has 1 aliphatic rings. The van der Waals surface area contributed by atoms with Crippen LogP contribution in [-0.2, 0) is 19.6 Å². The summed E-state index contributed by atoms with van der Waals surface area (Å²) in [6.45, 7) is 4.39. The Morgan fingerprint density at radius 1 is 1.03 bits per heavy atom. The van der Waals surface area contributed by atoms with Crippen LogP contribution in [0.25, 0.3) is 10.8 Å². The molecule has 2 amide bonds. The summed E-state index contributed by atoms with van der Waals surface area (Å²) in [7, 11) is -3.61. The lowest BCUT2D eigenvalue weighted by molar-refractivity contribution is -0.132. The number of carbonyl (C=O) groups excluding carboxylic acids is 2. The highest BCUT2D eigenvalue weighted by Crippen LogP contribution is 2.26. The van der Waals surface area contributed by atoms with Crippen LogP contribution < -0.4 is 10.9 Å². The average molecular weight is 418 g/mol. The number of hydrogen-bond donors (Lipinski definition) is 2. The molecule has 1 heterocycles. The third kappa shape index (κ3) is 5.13. The number of rotatable bonds is 5. The van der Waals surface area contributed by atoms with Gasteiger partial charge >= 0.3 is 0 Å². The van der Waals surface area contributed by atoms with Gasteiger partial charge in [-0.2, -0.15) is 4.31 Å². The molecule has 0 saturated carbocycles. The van der Waals surface area contributed by atoms with Gasteiger partial charge in [0.25, 0.3) is 0 Å². The van der Waals surface area contributed by atoms with E-state index in [1.165, 1.54) is 4.31 Å². The van der Waals surface area contributed by atoms with Gasteiger partial charge < -0.3 is 0 Å². The lowest BCUT2D eigenvalue weighted by Gasteiger charge is -2.30. The predicted molar refractivity (Wildman–Crippen MR) is 111 cm³/mol. The number of piperidine rings is 1. The fourth-order valence-corrected chi connectivity index (χ4v) is 5.00. The highest BCUT2D eigenvalue weighted by Gasteiger charge is 2.32. The molecule has 1 saturated heterocycles. The highest BCUT2D eigenvalue weighted by atomic mass is 32.2. The Bertz CT molecular complexity index is 996. The molecule has 1 aliphatic heterocycles. The SMILES string of the molecule is CC(C)CC(=O)NNC(=O)C1CCN(S(=O)(=O)c2ccc3ccccc3c2)CC1. The number of amides is 2. The largest absolute Gasteiger partial charge is 0.273 e. The minimum absolute atomic E-state index is 0.204. The van der Waals surface area contributed by atoms with Crippen molar-refractivity contribution < 1.29 is 18.0 Å². The highest BCUT2D eigenvalue weighted by molar-refractivity contribution is 7.89. The van der Waals surface area contributed by atoms with Gasteiger partial charge in [0.1, 0.15) is 0 Å². The van der Waals surface area contributed by atoms with Gasteiger partial charge in [0.05, 0.1) is 4.90 Å². The van der Waals surface area contributed by atoms with Crippen LogP contribution in [0, 0.1) is 11.8 Å². The van der Waals surface area contributed by atoms with Gasteiger partial charge in [-0.3, -0.25) is 20.4 Å². The maximum Gasteiger partial charge on any atom is 0.243 e. The molecule has 1 fully saturated rings. The first-order valence-corrected chi connectivity index (χ1v) is 11.3. The molecular formula is C21H27N3O4S. The molecule has 7 nitrogen and oxygen atoms in total. The summed E-state index contributed by atoms with van der Waals surface area (Å²) in [6.07, 6.45) is 1.17. The standard InChI is InChI=1S/C21H27N3O4S/c1-15(2)13-20(25)22-23-21(26)17-9-11-24(12-10-17)29(27,28)19-8-7-16-5-3-4-6-18(16)14-19/h3-8,14-15,17H,9-13H2,1-2H3,(H,22,25)(H,23,26). The van der Waals surface area contributed by atoms with E-state index in [0.717, 1.165) is 10.8 Å². The van der Waals surface area contributed by atoms with Gasteiger partial charge in [-0.1, -0.05) is 44.2 Å². The molecule has 29 heavy (non-hydrogen) atoms. The summed E-state index contributed by atoms with van der Waals surface area (Å²) in [4.78, 5) is 24.2. The fourth-order valence-electron chi connectivity index (χ4n) is 3.49. The Kier molecular flexibility index (Phi) is 6.54. The second kappa shape index (κ2) is 8.92. The number of fused-ring (bicyclic) bond motifs is 1. The normalized spacial score (nSPS) is 16.1. The van der Waals surface area contributed by atoms with Gasteiger partial charge in [-0.25, -0.2) is 8.42 Å². The zero-order chi connectivity index (χ0) is 21.0. The number of carbonyl (C=O) groups is 2. The monoisotopic (exact) mass is 417 g/mol. The van der Waals surface area contributed by atoms with Crippen molar-refractivity contribution in [3.05, 3.63) is 42.5 Å². The van der Waals surface area contributed by atoms with Crippen molar-refractivity contribution in [2.45, 2.75) is 38.0 Å².